The molecule has 10 nitrogen and oxygen atoms in total. The van der Waals surface area contributed by atoms with Crippen molar-refractivity contribution in [2.75, 3.05) is 31.1 Å². The minimum absolute atomic E-state index is 0.0633. The number of hydrogen-bond acceptors (Lipinski definition) is 7. The van der Waals surface area contributed by atoms with Gasteiger partial charge in [-0.1, -0.05) is 26.0 Å². The molecule has 0 bridgehead atoms. The molecule has 0 saturated carbocycles. The van der Waals surface area contributed by atoms with E-state index in [4.69, 9.17) is 9.72 Å². The largest absolute Gasteiger partial charge is 0.444 e. The van der Waals surface area contributed by atoms with Crippen molar-refractivity contribution in [3.8, 4) is 6.07 Å². The number of rotatable bonds is 6. The summed E-state index contributed by atoms with van der Waals surface area (Å²) >= 11 is 0. The number of nitriles is 1. The standard InChI is InChI=1S/C33H40FN7O3/c1-22-17-39(26(18-38-12-11-36-28(38)15-35)19-40(22)31(43)44-32(2,3)4)20-29(42)41-21-33(5,6)30-27(41)14-24(16-37-30)13-23-7-9-25(34)10-8-23/h7-12,14,16,22,26H,13,17-21H2,1-6H3/t22-,26-/m1/s1. The molecule has 2 aliphatic heterocycles. The lowest BCUT2D eigenvalue weighted by molar-refractivity contribution is -0.121. The van der Waals surface area contributed by atoms with Crippen LogP contribution in [0.15, 0.2) is 48.9 Å². The highest BCUT2D eigenvalue weighted by Gasteiger charge is 2.42. The molecule has 0 spiro atoms. The molecule has 11 heteroatoms. The van der Waals surface area contributed by atoms with E-state index in [1.165, 1.54) is 12.1 Å². The molecule has 4 heterocycles. The Morgan fingerprint density at radius 3 is 2.55 bits per heavy atom. The zero-order valence-electron chi connectivity index (χ0n) is 26.2. The highest BCUT2D eigenvalue weighted by molar-refractivity contribution is 5.97. The van der Waals surface area contributed by atoms with Crippen LogP contribution in [0, 0.1) is 17.1 Å². The number of carbonyl (C=O) groups excluding carboxylic acids is 2. The zero-order chi connectivity index (χ0) is 31.8. The SMILES string of the molecule is C[C@@H]1CN(CC(=O)N2CC(C)(C)c3ncc(Cc4ccc(F)cc4)cc32)[C@H](Cn2ccnc2C#N)CN1C(=O)OC(C)(C)C. The Morgan fingerprint density at radius 2 is 1.86 bits per heavy atom. The van der Waals surface area contributed by atoms with Gasteiger partial charge in [0.05, 0.1) is 17.9 Å². The third-order valence-electron chi connectivity index (χ3n) is 8.18. The van der Waals surface area contributed by atoms with E-state index in [2.05, 4.69) is 29.8 Å². The Balaban J connectivity index is 1.39. The topological polar surface area (TPSA) is 108 Å². The molecule has 2 aromatic heterocycles. The summed E-state index contributed by atoms with van der Waals surface area (Å²) in [5.74, 6) is -0.0731. The Kier molecular flexibility index (Phi) is 8.49. The first-order valence-corrected chi connectivity index (χ1v) is 14.9. The Labute approximate surface area is 258 Å². The number of fused-ring (bicyclic) bond motifs is 1. The van der Waals surface area contributed by atoms with Crippen molar-refractivity contribution in [2.24, 2.45) is 0 Å². The summed E-state index contributed by atoms with van der Waals surface area (Å²) in [6.07, 6.45) is 5.32. The van der Waals surface area contributed by atoms with Gasteiger partial charge in [0.25, 0.3) is 0 Å². The maximum absolute atomic E-state index is 14.1. The van der Waals surface area contributed by atoms with Crippen LogP contribution in [-0.2, 0) is 27.9 Å². The number of hydrogen-bond donors (Lipinski definition) is 0. The van der Waals surface area contributed by atoms with Gasteiger partial charge in [-0.2, -0.15) is 5.26 Å². The number of imidazole rings is 1. The van der Waals surface area contributed by atoms with Crippen LogP contribution in [0.4, 0.5) is 14.9 Å². The Hall–Kier alpha value is -4.30. The lowest BCUT2D eigenvalue weighted by atomic mass is 9.91. The summed E-state index contributed by atoms with van der Waals surface area (Å²) in [5, 5.41) is 9.56. The zero-order valence-corrected chi connectivity index (χ0v) is 26.2. The van der Waals surface area contributed by atoms with Crippen molar-refractivity contribution >= 4 is 17.7 Å². The number of pyridine rings is 1. The van der Waals surface area contributed by atoms with Gasteiger partial charge < -0.3 is 19.1 Å². The van der Waals surface area contributed by atoms with Gasteiger partial charge in [0.15, 0.2) is 0 Å². The Morgan fingerprint density at radius 1 is 1.14 bits per heavy atom. The highest BCUT2D eigenvalue weighted by atomic mass is 19.1. The normalized spacial score (nSPS) is 19.9. The number of nitrogens with zero attached hydrogens (tertiary/aromatic N) is 7. The number of anilines is 1. The molecular formula is C33H40FN7O3. The fourth-order valence-electron chi connectivity index (χ4n) is 6.04. The average molecular weight is 602 g/mol. The molecule has 44 heavy (non-hydrogen) atoms. The van der Waals surface area contributed by atoms with E-state index in [1.54, 1.807) is 34.0 Å². The van der Waals surface area contributed by atoms with E-state index < -0.39 is 11.7 Å². The minimum Gasteiger partial charge on any atom is -0.444 e. The molecule has 2 atom stereocenters. The monoisotopic (exact) mass is 601 g/mol. The smallest absolute Gasteiger partial charge is 0.410 e. The second-order valence-electron chi connectivity index (χ2n) is 13.5. The van der Waals surface area contributed by atoms with Gasteiger partial charge in [-0.25, -0.2) is 14.2 Å². The van der Waals surface area contributed by atoms with Crippen molar-refractivity contribution in [1.82, 2.24) is 24.3 Å². The van der Waals surface area contributed by atoms with Crippen molar-refractivity contribution in [1.29, 1.82) is 5.26 Å². The summed E-state index contributed by atoms with van der Waals surface area (Å²) in [6, 6.07) is 10.1. The predicted molar refractivity (Wildman–Crippen MR) is 164 cm³/mol. The lowest BCUT2D eigenvalue weighted by Gasteiger charge is -2.45. The molecule has 0 unspecified atom stereocenters. The summed E-state index contributed by atoms with van der Waals surface area (Å²) in [6.45, 7) is 13.4. The Bertz CT molecular complexity index is 1570. The number of ether oxygens (including phenoxy) is 1. The molecule has 3 aromatic rings. The first kappa shape index (κ1) is 31.1. The molecule has 2 aliphatic rings. The lowest BCUT2D eigenvalue weighted by Crippen LogP contribution is -2.62. The van der Waals surface area contributed by atoms with E-state index in [0.717, 1.165) is 22.5 Å². The van der Waals surface area contributed by atoms with Crippen molar-refractivity contribution < 1.29 is 18.7 Å². The number of halogens is 1. The summed E-state index contributed by atoms with van der Waals surface area (Å²) in [5.41, 5.74) is 2.58. The van der Waals surface area contributed by atoms with Gasteiger partial charge in [-0.05, 0) is 63.4 Å². The fourth-order valence-corrected chi connectivity index (χ4v) is 6.04. The first-order valence-electron chi connectivity index (χ1n) is 14.9. The fraction of sp³-hybridized carbons (Fsp3) is 0.485. The number of carbonyl (C=O) groups is 2. The molecule has 1 aromatic carbocycles. The molecule has 0 aliphatic carbocycles. The van der Waals surface area contributed by atoms with Crippen LogP contribution >= 0.6 is 0 Å². The third kappa shape index (κ3) is 6.76. The average Bonchev–Trinajstić information content (AvgIpc) is 3.51. The summed E-state index contributed by atoms with van der Waals surface area (Å²) in [4.78, 5) is 41.7. The summed E-state index contributed by atoms with van der Waals surface area (Å²) in [7, 11) is 0. The van der Waals surface area contributed by atoms with E-state index >= 15 is 0 Å². The van der Waals surface area contributed by atoms with E-state index in [-0.39, 0.29) is 41.6 Å². The second kappa shape index (κ2) is 12.0. The number of piperazine rings is 1. The van der Waals surface area contributed by atoms with Crippen molar-refractivity contribution in [3.05, 3.63) is 77.4 Å². The van der Waals surface area contributed by atoms with Gasteiger partial charge in [-0.3, -0.25) is 14.7 Å². The maximum atomic E-state index is 14.1. The van der Waals surface area contributed by atoms with Crippen LogP contribution in [0.2, 0.25) is 0 Å². The molecule has 232 valence electrons. The van der Waals surface area contributed by atoms with Gasteiger partial charge in [0.2, 0.25) is 11.7 Å². The molecule has 5 rings (SSSR count). The van der Waals surface area contributed by atoms with Gasteiger partial charge in [0.1, 0.15) is 17.5 Å². The molecule has 1 fully saturated rings. The first-order chi connectivity index (χ1) is 20.7. The molecule has 2 amide bonds. The maximum Gasteiger partial charge on any atom is 0.410 e. The van der Waals surface area contributed by atoms with Crippen molar-refractivity contribution in [2.45, 2.75) is 77.6 Å². The van der Waals surface area contributed by atoms with E-state index in [1.807, 2.05) is 44.9 Å². The van der Waals surface area contributed by atoms with E-state index in [9.17, 15) is 19.2 Å². The quantitative estimate of drug-likeness (QED) is 0.409. The van der Waals surface area contributed by atoms with Crippen LogP contribution in [0.3, 0.4) is 0 Å². The van der Waals surface area contributed by atoms with Crippen LogP contribution in [-0.4, -0.2) is 80.2 Å². The molecule has 0 radical (unpaired) electrons. The molecule has 0 N–H and O–H groups in total. The third-order valence-corrected chi connectivity index (χ3v) is 8.18. The second-order valence-corrected chi connectivity index (χ2v) is 13.5. The van der Waals surface area contributed by atoms with Crippen LogP contribution in [0.1, 0.15) is 64.2 Å². The number of benzene rings is 1. The van der Waals surface area contributed by atoms with Gasteiger partial charge in [0, 0.05) is 62.3 Å². The molecule has 1 saturated heterocycles. The molecular weight excluding hydrogens is 561 g/mol. The van der Waals surface area contributed by atoms with Crippen LogP contribution < -0.4 is 4.90 Å². The van der Waals surface area contributed by atoms with E-state index in [0.29, 0.717) is 32.6 Å². The highest BCUT2D eigenvalue weighted by Crippen LogP contribution is 2.40. The number of aromatic nitrogens is 3. The predicted octanol–water partition coefficient (Wildman–Crippen LogP) is 4.51. The number of amides is 2. The summed E-state index contributed by atoms with van der Waals surface area (Å²) < 4.78 is 20.9. The van der Waals surface area contributed by atoms with Crippen LogP contribution in [0.5, 0.6) is 0 Å². The minimum atomic E-state index is -0.642. The van der Waals surface area contributed by atoms with Gasteiger partial charge in [-0.15, -0.1) is 0 Å². The van der Waals surface area contributed by atoms with Gasteiger partial charge >= 0.3 is 6.09 Å². The van der Waals surface area contributed by atoms with Crippen molar-refractivity contribution in [3.63, 3.8) is 0 Å². The van der Waals surface area contributed by atoms with Crippen LogP contribution in [0.25, 0.3) is 0 Å².